The normalized spacial score (nSPS) is 12.6. The van der Waals surface area contributed by atoms with E-state index in [0.29, 0.717) is 4.83 Å². The van der Waals surface area contributed by atoms with Crippen LogP contribution >= 0.6 is 15.9 Å². The molecule has 0 saturated heterocycles. The molecule has 1 rings (SSSR count). The Labute approximate surface area is 121 Å². The molecule has 0 nitrogen and oxygen atoms in total. The number of hydrogen-bond acceptors (Lipinski definition) is 0. The lowest BCUT2D eigenvalue weighted by molar-refractivity contribution is 0.564. The fraction of sp³-hybridized carbons (Fsp3) is 0.647. The number of halogens is 1. The van der Waals surface area contributed by atoms with Crippen molar-refractivity contribution in [2.45, 2.75) is 69.5 Å². The molecular weight excluding hydrogens is 284 g/mol. The second-order valence-corrected chi connectivity index (χ2v) is 6.25. The molecule has 102 valence electrons. The fourth-order valence-corrected chi connectivity index (χ4v) is 2.91. The van der Waals surface area contributed by atoms with Crippen molar-refractivity contribution in [2.75, 3.05) is 0 Å². The number of rotatable bonds is 10. The lowest BCUT2D eigenvalue weighted by atomic mass is 10.0. The van der Waals surface area contributed by atoms with Crippen LogP contribution in [0, 0.1) is 0 Å². The topological polar surface area (TPSA) is 0 Å². The minimum absolute atomic E-state index is 0.541. The summed E-state index contributed by atoms with van der Waals surface area (Å²) in [6, 6.07) is 10.8. The first kappa shape index (κ1) is 15.8. The number of benzene rings is 1. The molecule has 0 saturated carbocycles. The number of unbranched alkanes of at least 4 members (excludes halogenated alkanes) is 7. The van der Waals surface area contributed by atoms with E-state index in [0.717, 1.165) is 0 Å². The minimum Gasteiger partial charge on any atom is -0.0839 e. The highest BCUT2D eigenvalue weighted by Crippen LogP contribution is 2.28. The summed E-state index contributed by atoms with van der Waals surface area (Å²) >= 11 is 3.79. The first-order chi connectivity index (χ1) is 8.84. The largest absolute Gasteiger partial charge is 0.0839 e. The summed E-state index contributed by atoms with van der Waals surface area (Å²) < 4.78 is 0. The van der Waals surface area contributed by atoms with Crippen LogP contribution in [0.3, 0.4) is 0 Å². The van der Waals surface area contributed by atoms with Gasteiger partial charge in [0.15, 0.2) is 0 Å². The van der Waals surface area contributed by atoms with Crippen molar-refractivity contribution in [3.8, 4) is 0 Å². The maximum absolute atomic E-state index is 3.79. The Hall–Kier alpha value is -0.300. The maximum Gasteiger partial charge on any atom is 0.0395 e. The summed E-state index contributed by atoms with van der Waals surface area (Å²) in [4.78, 5) is 0.541. The van der Waals surface area contributed by atoms with Crippen molar-refractivity contribution in [1.82, 2.24) is 0 Å². The Bertz CT molecular complexity index is 281. The molecule has 0 aliphatic rings. The van der Waals surface area contributed by atoms with E-state index in [9.17, 15) is 0 Å². The van der Waals surface area contributed by atoms with Crippen molar-refractivity contribution in [1.29, 1.82) is 0 Å². The lowest BCUT2D eigenvalue weighted by Crippen LogP contribution is -1.90. The quantitative estimate of drug-likeness (QED) is 0.335. The van der Waals surface area contributed by atoms with Crippen molar-refractivity contribution >= 4 is 15.9 Å². The van der Waals surface area contributed by atoms with E-state index in [1.54, 1.807) is 0 Å². The highest BCUT2D eigenvalue weighted by Gasteiger charge is 2.05. The molecule has 0 N–H and O–H groups in total. The third-order valence-electron chi connectivity index (χ3n) is 3.47. The van der Waals surface area contributed by atoms with E-state index in [1.807, 2.05) is 0 Å². The Kier molecular flexibility index (Phi) is 9.28. The van der Waals surface area contributed by atoms with Gasteiger partial charge in [0.05, 0.1) is 0 Å². The minimum atomic E-state index is 0.541. The molecule has 1 unspecified atom stereocenters. The predicted molar refractivity (Wildman–Crippen MR) is 85.3 cm³/mol. The van der Waals surface area contributed by atoms with Gasteiger partial charge in [-0.25, -0.2) is 0 Å². The first-order valence-electron chi connectivity index (χ1n) is 7.53. The van der Waals surface area contributed by atoms with Crippen LogP contribution in [0.4, 0.5) is 0 Å². The van der Waals surface area contributed by atoms with E-state index in [1.165, 1.54) is 63.4 Å². The highest BCUT2D eigenvalue weighted by molar-refractivity contribution is 9.09. The van der Waals surface area contributed by atoms with Crippen molar-refractivity contribution in [3.63, 3.8) is 0 Å². The highest BCUT2D eigenvalue weighted by atomic mass is 79.9. The van der Waals surface area contributed by atoms with Crippen molar-refractivity contribution in [3.05, 3.63) is 35.9 Å². The standard InChI is InChI=1S/C17H27Br/c1-2-3-4-5-6-7-8-12-15-17(18)16-13-10-9-11-14-16/h9-11,13-14,17H,2-8,12,15H2,1H3. The van der Waals surface area contributed by atoms with Gasteiger partial charge in [-0.05, 0) is 12.0 Å². The summed E-state index contributed by atoms with van der Waals surface area (Å²) in [7, 11) is 0. The zero-order valence-electron chi connectivity index (χ0n) is 11.7. The first-order valence-corrected chi connectivity index (χ1v) is 8.45. The van der Waals surface area contributed by atoms with Gasteiger partial charge in [-0.3, -0.25) is 0 Å². The SMILES string of the molecule is CCCCCCCCCCC(Br)c1ccccc1. The van der Waals surface area contributed by atoms with Gasteiger partial charge >= 0.3 is 0 Å². The van der Waals surface area contributed by atoms with Crippen LogP contribution in [0.25, 0.3) is 0 Å². The lowest BCUT2D eigenvalue weighted by Gasteiger charge is -2.09. The molecule has 0 spiro atoms. The fourth-order valence-electron chi connectivity index (χ4n) is 2.29. The summed E-state index contributed by atoms with van der Waals surface area (Å²) in [5.74, 6) is 0. The van der Waals surface area contributed by atoms with Gasteiger partial charge in [0.1, 0.15) is 0 Å². The van der Waals surface area contributed by atoms with Crippen LogP contribution in [0.5, 0.6) is 0 Å². The molecule has 1 aromatic rings. The summed E-state index contributed by atoms with van der Waals surface area (Å²) in [6.07, 6.45) is 12.5. The van der Waals surface area contributed by atoms with Crippen molar-refractivity contribution < 1.29 is 0 Å². The summed E-state index contributed by atoms with van der Waals surface area (Å²) in [5.41, 5.74) is 1.42. The molecule has 0 heterocycles. The van der Waals surface area contributed by atoms with Gasteiger partial charge < -0.3 is 0 Å². The predicted octanol–water partition coefficient (Wildman–Crippen LogP) is 6.65. The zero-order valence-corrected chi connectivity index (χ0v) is 13.3. The summed E-state index contributed by atoms with van der Waals surface area (Å²) in [5, 5.41) is 0. The van der Waals surface area contributed by atoms with Crippen LogP contribution in [0.1, 0.15) is 75.1 Å². The van der Waals surface area contributed by atoms with E-state index >= 15 is 0 Å². The second-order valence-electron chi connectivity index (χ2n) is 5.14. The van der Waals surface area contributed by atoms with Gasteiger partial charge in [0.2, 0.25) is 0 Å². The Balaban J connectivity index is 1.98. The molecule has 0 aliphatic carbocycles. The third-order valence-corrected chi connectivity index (χ3v) is 4.46. The third kappa shape index (κ3) is 7.20. The van der Waals surface area contributed by atoms with Gasteiger partial charge in [-0.15, -0.1) is 0 Å². The van der Waals surface area contributed by atoms with Crippen LogP contribution in [-0.2, 0) is 0 Å². The average Bonchev–Trinajstić information content (AvgIpc) is 2.42. The molecule has 1 aromatic carbocycles. The van der Waals surface area contributed by atoms with E-state index in [-0.39, 0.29) is 0 Å². The van der Waals surface area contributed by atoms with Gasteiger partial charge in [-0.2, -0.15) is 0 Å². The van der Waals surface area contributed by atoms with E-state index in [4.69, 9.17) is 0 Å². The molecule has 0 amide bonds. The Morgan fingerprint density at radius 2 is 1.39 bits per heavy atom. The molecule has 0 aliphatic heterocycles. The molecule has 0 fully saturated rings. The maximum atomic E-state index is 3.79. The van der Waals surface area contributed by atoms with E-state index in [2.05, 4.69) is 53.2 Å². The van der Waals surface area contributed by atoms with Gasteiger partial charge in [-0.1, -0.05) is 105 Å². The van der Waals surface area contributed by atoms with Crippen molar-refractivity contribution in [2.24, 2.45) is 0 Å². The molecule has 0 radical (unpaired) electrons. The van der Waals surface area contributed by atoms with Gasteiger partial charge in [0, 0.05) is 4.83 Å². The Morgan fingerprint density at radius 1 is 0.833 bits per heavy atom. The molecule has 18 heavy (non-hydrogen) atoms. The number of hydrogen-bond donors (Lipinski definition) is 0. The number of alkyl halides is 1. The van der Waals surface area contributed by atoms with E-state index < -0.39 is 0 Å². The molecule has 1 heteroatoms. The molecular formula is C17H27Br. The van der Waals surface area contributed by atoms with Crippen LogP contribution in [-0.4, -0.2) is 0 Å². The molecule has 0 bridgehead atoms. The van der Waals surface area contributed by atoms with Crippen LogP contribution in [0.15, 0.2) is 30.3 Å². The summed E-state index contributed by atoms with van der Waals surface area (Å²) in [6.45, 7) is 2.28. The van der Waals surface area contributed by atoms with Gasteiger partial charge in [0.25, 0.3) is 0 Å². The average molecular weight is 311 g/mol. The Morgan fingerprint density at radius 3 is 2.00 bits per heavy atom. The monoisotopic (exact) mass is 310 g/mol. The molecule has 0 aromatic heterocycles. The smallest absolute Gasteiger partial charge is 0.0395 e. The zero-order chi connectivity index (χ0) is 13.1. The molecule has 1 atom stereocenters. The second kappa shape index (κ2) is 10.6. The van der Waals surface area contributed by atoms with Crippen LogP contribution in [0.2, 0.25) is 0 Å². The van der Waals surface area contributed by atoms with Crippen LogP contribution < -0.4 is 0 Å².